The molecule has 4 aromatic heterocycles. The molecule has 1 saturated heterocycles. The molecule has 0 aliphatic carbocycles. The van der Waals surface area contributed by atoms with E-state index in [1.807, 2.05) is 22.6 Å². The third-order valence-corrected chi connectivity index (χ3v) is 5.15. The molecule has 1 aliphatic rings. The van der Waals surface area contributed by atoms with Crippen molar-refractivity contribution in [2.75, 3.05) is 18.4 Å². The van der Waals surface area contributed by atoms with Gasteiger partial charge in [0.25, 0.3) is 0 Å². The summed E-state index contributed by atoms with van der Waals surface area (Å²) in [7, 11) is 0. The van der Waals surface area contributed by atoms with Crippen molar-refractivity contribution in [2.24, 2.45) is 0 Å². The molecule has 4 aromatic rings. The fourth-order valence-electron chi connectivity index (χ4n) is 3.65. The number of nitrogens with zero attached hydrogens (tertiary/aromatic N) is 6. The van der Waals surface area contributed by atoms with Crippen LogP contribution in [0.4, 0.5) is 14.6 Å². The van der Waals surface area contributed by atoms with Gasteiger partial charge in [0.15, 0.2) is 5.65 Å². The first-order chi connectivity index (χ1) is 14.7. The van der Waals surface area contributed by atoms with Crippen LogP contribution in [0.5, 0.6) is 0 Å². The summed E-state index contributed by atoms with van der Waals surface area (Å²) in [4.78, 5) is 13.5. The largest absolute Gasteiger partial charge is 0.366 e. The molecule has 154 valence electrons. The summed E-state index contributed by atoms with van der Waals surface area (Å²) in [6.45, 7) is -0.715. The molecule has 0 amide bonds. The van der Waals surface area contributed by atoms with Crippen LogP contribution in [0.2, 0.25) is 0 Å². The van der Waals surface area contributed by atoms with Gasteiger partial charge in [-0.25, -0.2) is 14.6 Å². The van der Waals surface area contributed by atoms with E-state index in [2.05, 4.69) is 25.7 Å². The summed E-state index contributed by atoms with van der Waals surface area (Å²) in [6, 6.07) is 6.18. The third-order valence-electron chi connectivity index (χ3n) is 5.15. The fraction of sp³-hybridized carbons (Fsp3) is 0.300. The van der Waals surface area contributed by atoms with Crippen LogP contribution < -0.4 is 10.6 Å². The SMILES string of the molecule is FC(F)n1cc(-c2cn3c(-c4cccc(N[C@@H]5CCCNC5)n4)cnc3cn2)cn1. The molecule has 0 unspecified atom stereocenters. The molecule has 0 saturated carbocycles. The van der Waals surface area contributed by atoms with Gasteiger partial charge in [-0.2, -0.15) is 13.9 Å². The maximum atomic E-state index is 12.8. The number of piperidine rings is 1. The van der Waals surface area contributed by atoms with Crippen LogP contribution in [0.25, 0.3) is 28.3 Å². The van der Waals surface area contributed by atoms with E-state index in [-0.39, 0.29) is 0 Å². The fourth-order valence-corrected chi connectivity index (χ4v) is 3.65. The molecule has 8 nitrogen and oxygen atoms in total. The van der Waals surface area contributed by atoms with E-state index in [9.17, 15) is 8.78 Å². The summed E-state index contributed by atoms with van der Waals surface area (Å²) in [6.07, 6.45) is 10.00. The summed E-state index contributed by atoms with van der Waals surface area (Å²) < 4.78 is 28.1. The molecule has 5 heterocycles. The minimum Gasteiger partial charge on any atom is -0.366 e. The highest BCUT2D eigenvalue weighted by molar-refractivity contribution is 5.64. The lowest BCUT2D eigenvalue weighted by atomic mass is 10.1. The van der Waals surface area contributed by atoms with Crippen molar-refractivity contribution in [3.8, 4) is 22.6 Å². The van der Waals surface area contributed by atoms with Crippen molar-refractivity contribution in [1.82, 2.24) is 34.4 Å². The molecule has 1 fully saturated rings. The first-order valence-corrected chi connectivity index (χ1v) is 9.78. The highest BCUT2D eigenvalue weighted by atomic mass is 19.3. The Labute approximate surface area is 171 Å². The molecule has 10 heteroatoms. The van der Waals surface area contributed by atoms with Gasteiger partial charge >= 0.3 is 6.55 Å². The number of rotatable bonds is 5. The minimum atomic E-state index is -2.69. The average Bonchev–Trinajstić information content (AvgIpc) is 3.42. The lowest BCUT2D eigenvalue weighted by Gasteiger charge is -2.24. The van der Waals surface area contributed by atoms with E-state index in [0.29, 0.717) is 27.6 Å². The number of halogens is 2. The number of imidazole rings is 1. The van der Waals surface area contributed by atoms with E-state index in [1.54, 1.807) is 18.6 Å². The van der Waals surface area contributed by atoms with Gasteiger partial charge in [0.05, 0.1) is 35.7 Å². The van der Waals surface area contributed by atoms with Gasteiger partial charge in [-0.15, -0.1) is 0 Å². The second kappa shape index (κ2) is 7.79. The zero-order valence-corrected chi connectivity index (χ0v) is 16.0. The van der Waals surface area contributed by atoms with Crippen LogP contribution >= 0.6 is 0 Å². The van der Waals surface area contributed by atoms with Crippen molar-refractivity contribution in [1.29, 1.82) is 0 Å². The zero-order valence-electron chi connectivity index (χ0n) is 16.0. The number of aromatic nitrogens is 6. The molecular weight excluding hydrogens is 390 g/mol. The van der Waals surface area contributed by atoms with E-state index in [4.69, 9.17) is 4.98 Å². The van der Waals surface area contributed by atoms with Crippen LogP contribution in [-0.2, 0) is 0 Å². The van der Waals surface area contributed by atoms with Crippen molar-refractivity contribution >= 4 is 11.5 Å². The maximum Gasteiger partial charge on any atom is 0.333 e. The van der Waals surface area contributed by atoms with Gasteiger partial charge < -0.3 is 10.6 Å². The zero-order chi connectivity index (χ0) is 20.5. The molecular formula is C20H20F2N8. The summed E-state index contributed by atoms with van der Waals surface area (Å²) in [5.74, 6) is 0.809. The minimum absolute atomic E-state index is 0.353. The molecule has 2 N–H and O–H groups in total. The number of hydrogen-bond acceptors (Lipinski definition) is 6. The second-order valence-electron chi connectivity index (χ2n) is 7.23. The smallest absolute Gasteiger partial charge is 0.333 e. The Hall–Kier alpha value is -3.40. The van der Waals surface area contributed by atoms with Crippen LogP contribution in [0.1, 0.15) is 19.4 Å². The molecule has 0 aromatic carbocycles. The first-order valence-electron chi connectivity index (χ1n) is 9.78. The molecule has 0 bridgehead atoms. The normalized spacial score (nSPS) is 17.0. The van der Waals surface area contributed by atoms with Crippen molar-refractivity contribution in [2.45, 2.75) is 25.4 Å². The predicted octanol–water partition coefficient (Wildman–Crippen LogP) is 3.21. The first kappa shape index (κ1) is 18.6. The highest BCUT2D eigenvalue weighted by Crippen LogP contribution is 2.24. The molecule has 5 rings (SSSR count). The summed E-state index contributed by atoms with van der Waals surface area (Å²) >= 11 is 0. The topological polar surface area (TPSA) is 85.0 Å². The quantitative estimate of drug-likeness (QED) is 0.526. The Morgan fingerprint density at radius 2 is 2.03 bits per heavy atom. The van der Waals surface area contributed by atoms with Crippen LogP contribution in [0, 0.1) is 0 Å². The second-order valence-corrected chi connectivity index (χ2v) is 7.23. The van der Waals surface area contributed by atoms with Crippen LogP contribution in [0.3, 0.4) is 0 Å². The predicted molar refractivity (Wildman–Crippen MR) is 108 cm³/mol. The number of hydrogen-bond donors (Lipinski definition) is 2. The van der Waals surface area contributed by atoms with E-state index in [0.717, 1.165) is 43.1 Å². The Morgan fingerprint density at radius 1 is 1.10 bits per heavy atom. The number of anilines is 1. The van der Waals surface area contributed by atoms with Gasteiger partial charge in [-0.05, 0) is 31.5 Å². The summed E-state index contributed by atoms with van der Waals surface area (Å²) in [5.41, 5.74) is 3.23. The Kier molecular flexibility index (Phi) is 4.83. The molecule has 30 heavy (non-hydrogen) atoms. The lowest BCUT2D eigenvalue weighted by molar-refractivity contribution is 0.0566. The highest BCUT2D eigenvalue weighted by Gasteiger charge is 2.15. The van der Waals surface area contributed by atoms with Crippen molar-refractivity contribution in [3.63, 3.8) is 0 Å². The van der Waals surface area contributed by atoms with Crippen LogP contribution in [0.15, 0.2) is 49.2 Å². The van der Waals surface area contributed by atoms with E-state index >= 15 is 0 Å². The number of alkyl halides is 2. The Morgan fingerprint density at radius 3 is 2.83 bits per heavy atom. The molecule has 0 radical (unpaired) electrons. The Balaban J connectivity index is 1.47. The van der Waals surface area contributed by atoms with E-state index in [1.165, 1.54) is 12.4 Å². The van der Waals surface area contributed by atoms with Gasteiger partial charge in [0.1, 0.15) is 5.82 Å². The van der Waals surface area contributed by atoms with Crippen LogP contribution in [-0.4, -0.2) is 48.3 Å². The van der Waals surface area contributed by atoms with Gasteiger partial charge in [-0.1, -0.05) is 6.07 Å². The average molecular weight is 410 g/mol. The third kappa shape index (κ3) is 3.61. The molecule has 0 spiro atoms. The Bertz CT molecular complexity index is 1160. The monoisotopic (exact) mass is 410 g/mol. The molecule has 1 atom stereocenters. The van der Waals surface area contributed by atoms with Gasteiger partial charge in [0, 0.05) is 30.5 Å². The number of nitrogens with one attached hydrogen (secondary N) is 2. The van der Waals surface area contributed by atoms with Crippen molar-refractivity contribution < 1.29 is 8.78 Å². The lowest BCUT2D eigenvalue weighted by Crippen LogP contribution is -2.38. The standard InChI is InChI=1S/C20H20F2N8/c21-20(22)30-11-13(7-26-30)16-12-29-17(9-25-19(29)10-24-16)15-4-1-5-18(28-15)27-14-3-2-6-23-8-14/h1,4-5,7,9-12,14,20,23H,2-3,6,8H2,(H,27,28)/t14-/m1/s1. The van der Waals surface area contributed by atoms with Crippen molar-refractivity contribution in [3.05, 3.63) is 49.2 Å². The maximum absolute atomic E-state index is 12.8. The molecule has 1 aliphatic heterocycles. The van der Waals surface area contributed by atoms with E-state index < -0.39 is 6.55 Å². The number of pyridine rings is 1. The summed E-state index contributed by atoms with van der Waals surface area (Å²) in [5, 5.41) is 10.6. The number of fused-ring (bicyclic) bond motifs is 1. The van der Waals surface area contributed by atoms with Gasteiger partial charge in [0.2, 0.25) is 0 Å². The van der Waals surface area contributed by atoms with Gasteiger partial charge in [-0.3, -0.25) is 9.38 Å².